The van der Waals surface area contributed by atoms with Gasteiger partial charge >= 0.3 is 0 Å². The number of thioether (sulfide) groups is 1. The van der Waals surface area contributed by atoms with Crippen LogP contribution in [0, 0.1) is 5.92 Å². The summed E-state index contributed by atoms with van der Waals surface area (Å²) in [6.07, 6.45) is 7.34. The number of piperidine rings is 1. The van der Waals surface area contributed by atoms with Crippen molar-refractivity contribution in [1.29, 1.82) is 0 Å². The van der Waals surface area contributed by atoms with Crippen LogP contribution in [0.5, 0.6) is 0 Å². The van der Waals surface area contributed by atoms with Crippen LogP contribution in [-0.4, -0.2) is 47.0 Å². The molecule has 0 aliphatic carbocycles. The van der Waals surface area contributed by atoms with E-state index in [1.54, 1.807) is 0 Å². The second-order valence-electron chi connectivity index (χ2n) is 6.52. The van der Waals surface area contributed by atoms with Crippen LogP contribution in [0.4, 0.5) is 0 Å². The fourth-order valence-electron chi connectivity index (χ4n) is 3.90. The molecule has 3 rings (SSSR count). The Labute approximate surface area is 120 Å². The maximum absolute atomic E-state index is 12.6. The molecule has 0 spiro atoms. The zero-order valence-electron chi connectivity index (χ0n) is 12.0. The molecule has 3 heterocycles. The standard InChI is InChI=1S/C15H26N2OS/c1-15(7-3-11-19-15)14(18)17-9-5-12(6-10-17)13-4-2-8-16-13/h12-13,16H,2-11H2,1H3. The molecule has 0 bridgehead atoms. The molecular formula is C15H26N2OS. The third-order valence-corrected chi connectivity index (χ3v) is 6.67. The van der Waals surface area contributed by atoms with Gasteiger partial charge in [0.25, 0.3) is 0 Å². The highest BCUT2D eigenvalue weighted by Gasteiger charge is 2.41. The molecular weight excluding hydrogens is 256 g/mol. The molecule has 1 N–H and O–H groups in total. The van der Waals surface area contributed by atoms with Gasteiger partial charge in [-0.25, -0.2) is 0 Å². The second-order valence-corrected chi connectivity index (χ2v) is 8.11. The lowest BCUT2D eigenvalue weighted by Crippen LogP contribution is -2.49. The second kappa shape index (κ2) is 5.65. The lowest BCUT2D eigenvalue weighted by molar-refractivity contribution is -0.135. The number of amides is 1. The molecule has 2 atom stereocenters. The van der Waals surface area contributed by atoms with Gasteiger partial charge in [0, 0.05) is 19.1 Å². The summed E-state index contributed by atoms with van der Waals surface area (Å²) in [5.41, 5.74) is 0. The lowest BCUT2D eigenvalue weighted by atomic mass is 9.88. The number of carbonyl (C=O) groups excluding carboxylic acids is 1. The summed E-state index contributed by atoms with van der Waals surface area (Å²) in [4.78, 5) is 14.8. The van der Waals surface area contributed by atoms with Gasteiger partial charge in [-0.3, -0.25) is 4.79 Å². The van der Waals surface area contributed by atoms with Gasteiger partial charge in [0.05, 0.1) is 4.75 Å². The van der Waals surface area contributed by atoms with E-state index in [2.05, 4.69) is 17.1 Å². The monoisotopic (exact) mass is 282 g/mol. The zero-order chi connectivity index (χ0) is 13.3. The van der Waals surface area contributed by atoms with Crippen molar-refractivity contribution in [2.45, 2.75) is 56.2 Å². The molecule has 3 nitrogen and oxygen atoms in total. The minimum atomic E-state index is -0.113. The molecule has 0 saturated carbocycles. The summed E-state index contributed by atoms with van der Waals surface area (Å²) < 4.78 is -0.113. The van der Waals surface area contributed by atoms with Crippen molar-refractivity contribution in [3.63, 3.8) is 0 Å². The van der Waals surface area contributed by atoms with Crippen LogP contribution in [0.2, 0.25) is 0 Å². The van der Waals surface area contributed by atoms with Crippen molar-refractivity contribution in [3.05, 3.63) is 0 Å². The topological polar surface area (TPSA) is 32.3 Å². The zero-order valence-corrected chi connectivity index (χ0v) is 12.8. The summed E-state index contributed by atoms with van der Waals surface area (Å²) in [5.74, 6) is 2.37. The van der Waals surface area contributed by atoms with Crippen molar-refractivity contribution in [2.24, 2.45) is 5.92 Å². The van der Waals surface area contributed by atoms with E-state index in [0.717, 1.165) is 37.2 Å². The molecule has 0 aromatic rings. The van der Waals surface area contributed by atoms with Gasteiger partial charge in [-0.2, -0.15) is 0 Å². The molecule has 2 unspecified atom stereocenters. The van der Waals surface area contributed by atoms with Crippen LogP contribution >= 0.6 is 11.8 Å². The summed E-state index contributed by atoms with van der Waals surface area (Å²) >= 11 is 1.87. The van der Waals surface area contributed by atoms with Crippen molar-refractivity contribution in [2.75, 3.05) is 25.4 Å². The first-order chi connectivity index (χ1) is 9.19. The summed E-state index contributed by atoms with van der Waals surface area (Å²) in [6, 6.07) is 0.730. The first-order valence-corrected chi connectivity index (χ1v) is 8.84. The van der Waals surface area contributed by atoms with E-state index in [4.69, 9.17) is 0 Å². The van der Waals surface area contributed by atoms with E-state index in [9.17, 15) is 4.79 Å². The molecule has 0 aromatic carbocycles. The van der Waals surface area contributed by atoms with Crippen molar-refractivity contribution < 1.29 is 4.79 Å². The van der Waals surface area contributed by atoms with Gasteiger partial charge in [-0.15, -0.1) is 11.8 Å². The fourth-order valence-corrected chi connectivity index (χ4v) is 5.18. The molecule has 0 radical (unpaired) electrons. The Morgan fingerprint density at radius 1 is 1.26 bits per heavy atom. The average molecular weight is 282 g/mol. The highest BCUT2D eigenvalue weighted by atomic mass is 32.2. The normalized spacial score (nSPS) is 36.9. The van der Waals surface area contributed by atoms with Gasteiger partial charge < -0.3 is 10.2 Å². The van der Waals surface area contributed by atoms with Crippen molar-refractivity contribution >= 4 is 17.7 Å². The van der Waals surface area contributed by atoms with Gasteiger partial charge in [-0.1, -0.05) is 0 Å². The summed E-state index contributed by atoms with van der Waals surface area (Å²) in [7, 11) is 0. The Balaban J connectivity index is 1.53. The van der Waals surface area contributed by atoms with Crippen molar-refractivity contribution in [3.8, 4) is 0 Å². The largest absolute Gasteiger partial charge is 0.341 e. The average Bonchev–Trinajstić information content (AvgIpc) is 3.10. The van der Waals surface area contributed by atoms with Gasteiger partial charge in [0.15, 0.2) is 0 Å². The van der Waals surface area contributed by atoms with Crippen LogP contribution < -0.4 is 5.32 Å². The van der Waals surface area contributed by atoms with Crippen molar-refractivity contribution in [1.82, 2.24) is 10.2 Å². The highest BCUT2D eigenvalue weighted by Crippen LogP contribution is 2.40. The number of rotatable bonds is 2. The van der Waals surface area contributed by atoms with E-state index < -0.39 is 0 Å². The van der Waals surface area contributed by atoms with Crippen LogP contribution in [0.25, 0.3) is 0 Å². The Morgan fingerprint density at radius 2 is 2.05 bits per heavy atom. The number of likely N-dealkylation sites (tertiary alicyclic amines) is 1. The number of hydrogen-bond acceptors (Lipinski definition) is 3. The van der Waals surface area contributed by atoms with E-state index in [1.165, 1.54) is 38.6 Å². The molecule has 3 fully saturated rings. The predicted molar refractivity (Wildman–Crippen MR) is 80.4 cm³/mol. The minimum absolute atomic E-state index is 0.113. The highest BCUT2D eigenvalue weighted by molar-refractivity contribution is 8.01. The predicted octanol–water partition coefficient (Wildman–Crippen LogP) is 2.26. The van der Waals surface area contributed by atoms with E-state index in [-0.39, 0.29) is 4.75 Å². The molecule has 1 amide bonds. The van der Waals surface area contributed by atoms with Gasteiger partial charge in [-0.05, 0) is 63.7 Å². The Hall–Kier alpha value is -0.220. The van der Waals surface area contributed by atoms with E-state index in [1.807, 2.05) is 11.8 Å². The maximum Gasteiger partial charge on any atom is 0.238 e. The maximum atomic E-state index is 12.6. The minimum Gasteiger partial charge on any atom is -0.341 e. The van der Waals surface area contributed by atoms with Crippen LogP contribution in [-0.2, 0) is 4.79 Å². The molecule has 3 saturated heterocycles. The number of carbonyl (C=O) groups is 1. The third-order valence-electron chi connectivity index (χ3n) is 5.17. The number of hydrogen-bond donors (Lipinski definition) is 1. The molecule has 108 valence electrons. The third kappa shape index (κ3) is 2.80. The SMILES string of the molecule is CC1(C(=O)N2CCC(C3CCCN3)CC2)CCCS1. The molecule has 3 aliphatic rings. The molecule has 19 heavy (non-hydrogen) atoms. The van der Waals surface area contributed by atoms with Gasteiger partial charge in [0.1, 0.15) is 0 Å². The van der Waals surface area contributed by atoms with E-state index >= 15 is 0 Å². The van der Waals surface area contributed by atoms with Gasteiger partial charge in [0.2, 0.25) is 5.91 Å². The first kappa shape index (κ1) is 13.7. The number of nitrogens with one attached hydrogen (secondary N) is 1. The summed E-state index contributed by atoms with van der Waals surface area (Å²) in [6.45, 7) is 5.31. The quantitative estimate of drug-likeness (QED) is 0.843. The summed E-state index contributed by atoms with van der Waals surface area (Å²) in [5, 5.41) is 3.63. The van der Waals surface area contributed by atoms with Crippen LogP contribution in [0.3, 0.4) is 0 Å². The number of nitrogens with zero attached hydrogens (tertiary/aromatic N) is 1. The molecule has 4 heteroatoms. The fraction of sp³-hybridized carbons (Fsp3) is 0.933. The Kier molecular flexibility index (Phi) is 4.08. The first-order valence-electron chi connectivity index (χ1n) is 7.86. The smallest absolute Gasteiger partial charge is 0.238 e. The Bertz CT molecular complexity index is 327. The van der Waals surface area contributed by atoms with Crippen LogP contribution in [0.1, 0.15) is 45.4 Å². The van der Waals surface area contributed by atoms with E-state index in [0.29, 0.717) is 5.91 Å². The Morgan fingerprint density at radius 3 is 2.63 bits per heavy atom. The molecule has 0 aromatic heterocycles. The van der Waals surface area contributed by atoms with Crippen LogP contribution in [0.15, 0.2) is 0 Å². The molecule has 3 aliphatic heterocycles. The lowest BCUT2D eigenvalue weighted by Gasteiger charge is -2.38.